The van der Waals surface area contributed by atoms with E-state index in [9.17, 15) is 4.79 Å². The Morgan fingerprint density at radius 2 is 2.50 bits per heavy atom. The van der Waals surface area contributed by atoms with Crippen molar-refractivity contribution >= 4 is 23.1 Å². The fourth-order valence-electron chi connectivity index (χ4n) is 0.861. The fraction of sp³-hybridized carbons (Fsp3) is 0.250. The minimum Gasteiger partial charge on any atom is -0.409 e. The maximum absolute atomic E-state index is 11.1. The van der Waals surface area contributed by atoms with Crippen molar-refractivity contribution < 1.29 is 10.0 Å². The van der Waals surface area contributed by atoms with Crippen molar-refractivity contribution in [2.45, 2.75) is 13.0 Å². The van der Waals surface area contributed by atoms with Gasteiger partial charge in [-0.15, -0.1) is 11.3 Å². The molecule has 0 saturated carbocycles. The molecule has 0 aromatic carbocycles. The molecule has 14 heavy (non-hydrogen) atoms. The molecule has 4 N–H and O–H groups in total. The van der Waals surface area contributed by atoms with E-state index in [1.807, 2.05) is 17.5 Å². The van der Waals surface area contributed by atoms with Gasteiger partial charge in [0.05, 0.1) is 13.0 Å². The first kappa shape index (κ1) is 10.5. The summed E-state index contributed by atoms with van der Waals surface area (Å²) in [4.78, 5) is 12.2. The lowest BCUT2D eigenvalue weighted by molar-refractivity contribution is -0.120. The van der Waals surface area contributed by atoms with Gasteiger partial charge in [-0.25, -0.2) is 0 Å². The molecule has 1 amide bonds. The van der Waals surface area contributed by atoms with Gasteiger partial charge in [0, 0.05) is 4.88 Å². The maximum atomic E-state index is 11.1. The van der Waals surface area contributed by atoms with Crippen LogP contribution in [0.3, 0.4) is 0 Å². The van der Waals surface area contributed by atoms with Gasteiger partial charge < -0.3 is 16.3 Å². The fourth-order valence-corrected chi connectivity index (χ4v) is 1.51. The standard InChI is InChI=1S/C8H11N3O2S/c9-7(11-13)4-8(12)10-5-6-2-1-3-14-6/h1-3,13H,4-5H2,(H2,9,11)(H,10,12). The molecule has 1 aromatic heterocycles. The number of hydrogen-bond donors (Lipinski definition) is 3. The van der Waals surface area contributed by atoms with Crippen molar-refractivity contribution in [3.63, 3.8) is 0 Å². The van der Waals surface area contributed by atoms with Crippen LogP contribution in [-0.2, 0) is 11.3 Å². The van der Waals surface area contributed by atoms with Crippen molar-refractivity contribution in [1.29, 1.82) is 0 Å². The first-order valence-electron chi connectivity index (χ1n) is 3.98. The van der Waals surface area contributed by atoms with E-state index in [2.05, 4.69) is 10.5 Å². The largest absolute Gasteiger partial charge is 0.409 e. The quantitative estimate of drug-likeness (QED) is 0.294. The van der Waals surface area contributed by atoms with Crippen LogP contribution in [-0.4, -0.2) is 17.0 Å². The van der Waals surface area contributed by atoms with Crippen LogP contribution in [0, 0.1) is 0 Å². The van der Waals surface area contributed by atoms with Crippen LogP contribution in [0.25, 0.3) is 0 Å². The molecule has 1 heterocycles. The number of oxime groups is 1. The lowest BCUT2D eigenvalue weighted by atomic mass is 10.3. The number of nitrogens with zero attached hydrogens (tertiary/aromatic N) is 1. The second kappa shape index (κ2) is 5.23. The highest BCUT2D eigenvalue weighted by Gasteiger charge is 2.04. The van der Waals surface area contributed by atoms with Gasteiger partial charge in [-0.3, -0.25) is 4.79 Å². The molecule has 6 heteroatoms. The number of nitrogens with one attached hydrogen (secondary N) is 1. The van der Waals surface area contributed by atoms with Crippen LogP contribution in [0.2, 0.25) is 0 Å². The summed E-state index contributed by atoms with van der Waals surface area (Å²) in [5.74, 6) is -0.345. The van der Waals surface area contributed by atoms with Gasteiger partial charge in [0.15, 0.2) is 0 Å². The number of hydrogen-bond acceptors (Lipinski definition) is 4. The number of amidine groups is 1. The molecule has 76 valence electrons. The minimum atomic E-state index is -0.256. The van der Waals surface area contributed by atoms with Crippen LogP contribution in [0.15, 0.2) is 22.7 Å². The molecule has 0 radical (unpaired) electrons. The van der Waals surface area contributed by atoms with Gasteiger partial charge in [0.2, 0.25) is 5.91 Å². The normalized spacial score (nSPS) is 11.3. The molecule has 0 aliphatic carbocycles. The van der Waals surface area contributed by atoms with Crippen LogP contribution in [0.4, 0.5) is 0 Å². The van der Waals surface area contributed by atoms with Crippen LogP contribution >= 0.6 is 11.3 Å². The molecule has 1 rings (SSSR count). The smallest absolute Gasteiger partial charge is 0.227 e. The molecule has 0 bridgehead atoms. The Hall–Kier alpha value is -1.56. The van der Waals surface area contributed by atoms with Gasteiger partial charge in [-0.1, -0.05) is 11.2 Å². The molecule has 0 atom stereocenters. The van der Waals surface area contributed by atoms with E-state index in [1.54, 1.807) is 11.3 Å². The third kappa shape index (κ3) is 3.44. The Morgan fingerprint density at radius 3 is 3.07 bits per heavy atom. The first-order chi connectivity index (χ1) is 6.72. The molecular formula is C8H11N3O2S. The summed E-state index contributed by atoms with van der Waals surface area (Å²) in [6, 6.07) is 3.84. The van der Waals surface area contributed by atoms with E-state index >= 15 is 0 Å². The molecule has 0 fully saturated rings. The monoisotopic (exact) mass is 213 g/mol. The molecule has 0 saturated heterocycles. The zero-order chi connectivity index (χ0) is 10.4. The molecular weight excluding hydrogens is 202 g/mol. The first-order valence-corrected chi connectivity index (χ1v) is 4.86. The molecule has 0 unspecified atom stereocenters. The lowest BCUT2D eigenvalue weighted by Crippen LogP contribution is -2.27. The van der Waals surface area contributed by atoms with Gasteiger partial charge in [-0.05, 0) is 11.4 Å². The Labute approximate surface area is 85.2 Å². The topological polar surface area (TPSA) is 87.7 Å². The van der Waals surface area contributed by atoms with Gasteiger partial charge in [-0.2, -0.15) is 0 Å². The van der Waals surface area contributed by atoms with Crippen molar-refractivity contribution in [2.24, 2.45) is 10.9 Å². The Bertz CT molecular complexity index is 321. The van der Waals surface area contributed by atoms with Gasteiger partial charge in [0.1, 0.15) is 5.84 Å². The van der Waals surface area contributed by atoms with E-state index in [0.717, 1.165) is 4.88 Å². The molecule has 0 spiro atoms. The van der Waals surface area contributed by atoms with E-state index in [4.69, 9.17) is 10.9 Å². The molecule has 1 aromatic rings. The van der Waals surface area contributed by atoms with Gasteiger partial charge in [0.25, 0.3) is 0 Å². The molecule has 5 nitrogen and oxygen atoms in total. The molecule has 0 aliphatic rings. The van der Waals surface area contributed by atoms with Crippen LogP contribution < -0.4 is 11.1 Å². The number of amides is 1. The average molecular weight is 213 g/mol. The summed E-state index contributed by atoms with van der Waals surface area (Å²) in [6.45, 7) is 0.481. The summed E-state index contributed by atoms with van der Waals surface area (Å²) in [5, 5.41) is 15.5. The van der Waals surface area contributed by atoms with Crippen LogP contribution in [0.1, 0.15) is 11.3 Å². The minimum absolute atomic E-state index is 0.0815. The Kier molecular flexibility index (Phi) is 3.93. The third-order valence-corrected chi connectivity index (χ3v) is 2.39. The highest BCUT2D eigenvalue weighted by atomic mass is 32.1. The summed E-state index contributed by atoms with van der Waals surface area (Å²) in [7, 11) is 0. The average Bonchev–Trinajstić information content (AvgIpc) is 2.67. The van der Waals surface area contributed by atoms with Gasteiger partial charge >= 0.3 is 0 Å². The van der Waals surface area contributed by atoms with E-state index in [0.29, 0.717) is 6.54 Å². The lowest BCUT2D eigenvalue weighted by Gasteiger charge is -2.01. The Balaban J connectivity index is 2.29. The maximum Gasteiger partial charge on any atom is 0.227 e. The summed E-state index contributed by atoms with van der Waals surface area (Å²) in [6.07, 6.45) is -0.0815. The zero-order valence-corrected chi connectivity index (χ0v) is 8.25. The number of nitrogens with two attached hydrogens (primary N) is 1. The second-order valence-electron chi connectivity index (χ2n) is 2.62. The van der Waals surface area contributed by atoms with E-state index < -0.39 is 0 Å². The van der Waals surface area contributed by atoms with Crippen molar-refractivity contribution in [2.75, 3.05) is 0 Å². The third-order valence-electron chi connectivity index (χ3n) is 1.51. The predicted octanol–water partition coefficient (Wildman–Crippen LogP) is 0.501. The summed E-state index contributed by atoms with van der Waals surface area (Å²) >= 11 is 1.56. The number of carbonyl (C=O) groups excluding carboxylic acids is 1. The zero-order valence-electron chi connectivity index (χ0n) is 7.43. The van der Waals surface area contributed by atoms with E-state index in [-0.39, 0.29) is 18.2 Å². The summed E-state index contributed by atoms with van der Waals surface area (Å²) in [5.41, 5.74) is 5.16. The Morgan fingerprint density at radius 1 is 1.71 bits per heavy atom. The predicted molar refractivity (Wildman–Crippen MR) is 54.2 cm³/mol. The SMILES string of the molecule is N/C(CC(=O)NCc1cccs1)=N\O. The van der Waals surface area contributed by atoms with Crippen molar-refractivity contribution in [3.05, 3.63) is 22.4 Å². The second-order valence-corrected chi connectivity index (χ2v) is 3.66. The number of carbonyl (C=O) groups is 1. The van der Waals surface area contributed by atoms with Crippen LogP contribution in [0.5, 0.6) is 0 Å². The van der Waals surface area contributed by atoms with Crippen molar-refractivity contribution in [1.82, 2.24) is 5.32 Å². The summed E-state index contributed by atoms with van der Waals surface area (Å²) < 4.78 is 0. The highest BCUT2D eigenvalue weighted by Crippen LogP contribution is 2.07. The van der Waals surface area contributed by atoms with Crippen molar-refractivity contribution in [3.8, 4) is 0 Å². The number of thiophene rings is 1. The number of rotatable bonds is 4. The molecule has 0 aliphatic heterocycles. The van der Waals surface area contributed by atoms with E-state index in [1.165, 1.54) is 0 Å². The highest BCUT2D eigenvalue weighted by molar-refractivity contribution is 7.09.